The van der Waals surface area contributed by atoms with Crippen LogP contribution in [-0.2, 0) is 10.0 Å². The molecule has 0 fully saturated rings. The molecule has 1 N–H and O–H groups in total. The Morgan fingerprint density at radius 3 is 1.94 bits per heavy atom. The number of benzene rings is 3. The van der Waals surface area contributed by atoms with E-state index in [9.17, 15) is 8.42 Å². The summed E-state index contributed by atoms with van der Waals surface area (Å²) in [6, 6.07) is 18.4. The molecule has 34 heavy (non-hydrogen) atoms. The quantitative estimate of drug-likeness (QED) is 0.519. The smallest absolute Gasteiger partial charge is 0.260 e. The summed E-state index contributed by atoms with van der Waals surface area (Å²) in [4.78, 5) is 0.176. The average Bonchev–Trinajstić information content (AvgIpc) is 3.35. The van der Waals surface area contributed by atoms with Crippen LogP contribution in [0.5, 0.6) is 23.0 Å². The van der Waals surface area contributed by atoms with E-state index in [1.54, 1.807) is 75.9 Å². The third-order valence-corrected chi connectivity index (χ3v) is 7.26. The van der Waals surface area contributed by atoms with Gasteiger partial charge in [0, 0.05) is 5.56 Å². The minimum Gasteiger partial charge on any atom is -0.493 e. The maximum atomic E-state index is 13.6. The molecule has 0 aliphatic carbocycles. The van der Waals surface area contributed by atoms with Crippen molar-refractivity contribution in [2.75, 3.05) is 28.4 Å². The zero-order valence-electron chi connectivity index (χ0n) is 19.3. The highest BCUT2D eigenvalue weighted by molar-refractivity contribution is 7.89. The minimum atomic E-state index is -3.90. The Morgan fingerprint density at radius 1 is 0.735 bits per heavy atom. The van der Waals surface area contributed by atoms with Crippen molar-refractivity contribution >= 4 is 15.7 Å². The van der Waals surface area contributed by atoms with Crippen molar-refractivity contribution in [3.8, 4) is 23.0 Å². The maximum absolute atomic E-state index is 13.6. The van der Waals surface area contributed by atoms with Crippen molar-refractivity contribution in [2.45, 2.75) is 10.9 Å². The summed E-state index contributed by atoms with van der Waals surface area (Å²) in [5.41, 5.74) is 5.15. The van der Waals surface area contributed by atoms with Gasteiger partial charge in [0.2, 0.25) is 0 Å². The standard InChI is InChI=1S/C25H26N2O6S/c1-30-22-12-10-17(14-24(22)32-3)20-16-21(18-11-13-23(31-2)25(15-18)33-4)27(26-20)34(28,29)19-8-6-5-7-9-19/h5-16,21,26H,1-4H3/t21-/m1/s1. The van der Waals surface area contributed by atoms with Crippen molar-refractivity contribution in [3.05, 3.63) is 83.9 Å². The van der Waals surface area contributed by atoms with Gasteiger partial charge in [-0.25, -0.2) is 8.42 Å². The van der Waals surface area contributed by atoms with Crippen molar-refractivity contribution in [1.82, 2.24) is 9.84 Å². The lowest BCUT2D eigenvalue weighted by Gasteiger charge is -2.25. The van der Waals surface area contributed by atoms with Gasteiger partial charge in [-0.3, -0.25) is 0 Å². The molecule has 0 amide bonds. The lowest BCUT2D eigenvalue weighted by molar-refractivity contribution is 0.340. The summed E-state index contributed by atoms with van der Waals surface area (Å²) in [5.74, 6) is 2.17. The first-order valence-corrected chi connectivity index (χ1v) is 11.9. The van der Waals surface area contributed by atoms with Crippen LogP contribution in [0.25, 0.3) is 5.70 Å². The second-order valence-electron chi connectivity index (χ2n) is 7.44. The second-order valence-corrected chi connectivity index (χ2v) is 9.25. The summed E-state index contributed by atoms with van der Waals surface area (Å²) < 4.78 is 50.0. The molecule has 3 aromatic carbocycles. The van der Waals surface area contributed by atoms with Crippen molar-refractivity contribution in [3.63, 3.8) is 0 Å². The number of ether oxygens (including phenoxy) is 4. The molecule has 1 heterocycles. The fourth-order valence-corrected chi connectivity index (χ4v) is 5.23. The van der Waals surface area contributed by atoms with E-state index in [1.807, 2.05) is 18.2 Å². The molecule has 1 atom stereocenters. The molecule has 1 aliphatic heterocycles. The van der Waals surface area contributed by atoms with Crippen LogP contribution in [-0.4, -0.2) is 41.3 Å². The molecular formula is C25H26N2O6S. The molecule has 8 nitrogen and oxygen atoms in total. The third kappa shape index (κ3) is 4.27. The number of rotatable bonds is 8. The Balaban J connectivity index is 1.82. The van der Waals surface area contributed by atoms with Gasteiger partial charge in [0.05, 0.1) is 45.1 Å². The average molecular weight is 483 g/mol. The number of nitrogens with zero attached hydrogens (tertiary/aromatic N) is 1. The van der Waals surface area contributed by atoms with Crippen molar-refractivity contribution < 1.29 is 27.4 Å². The summed E-state index contributed by atoms with van der Waals surface area (Å²) in [6.45, 7) is 0. The monoisotopic (exact) mass is 482 g/mol. The molecule has 178 valence electrons. The molecule has 3 aromatic rings. The highest BCUT2D eigenvalue weighted by Gasteiger charge is 2.37. The van der Waals surface area contributed by atoms with E-state index in [2.05, 4.69) is 5.43 Å². The van der Waals surface area contributed by atoms with E-state index in [0.29, 0.717) is 34.3 Å². The number of sulfonamides is 1. The Hall–Kier alpha value is -3.69. The van der Waals surface area contributed by atoms with E-state index in [-0.39, 0.29) is 4.90 Å². The van der Waals surface area contributed by atoms with Gasteiger partial charge < -0.3 is 24.4 Å². The van der Waals surface area contributed by atoms with Gasteiger partial charge in [-0.2, -0.15) is 0 Å². The molecule has 0 unspecified atom stereocenters. The SMILES string of the molecule is COc1ccc(C2=C[C@H](c3ccc(OC)c(OC)c3)N(S(=O)(=O)c3ccccc3)N2)cc1OC. The molecule has 0 saturated heterocycles. The largest absolute Gasteiger partial charge is 0.493 e. The summed E-state index contributed by atoms with van der Waals surface area (Å²) >= 11 is 0. The third-order valence-electron chi connectivity index (χ3n) is 5.55. The molecule has 9 heteroatoms. The summed E-state index contributed by atoms with van der Waals surface area (Å²) in [6.07, 6.45) is 1.85. The topological polar surface area (TPSA) is 86.3 Å². The Bertz CT molecular complexity index is 1310. The van der Waals surface area contributed by atoms with Crippen LogP contribution < -0.4 is 24.4 Å². The first-order valence-electron chi connectivity index (χ1n) is 10.4. The van der Waals surface area contributed by atoms with Gasteiger partial charge in [-0.1, -0.05) is 24.3 Å². The van der Waals surface area contributed by atoms with E-state index in [0.717, 1.165) is 5.56 Å². The van der Waals surface area contributed by atoms with Gasteiger partial charge in [0.25, 0.3) is 10.0 Å². The van der Waals surface area contributed by atoms with Gasteiger partial charge >= 0.3 is 0 Å². The van der Waals surface area contributed by atoms with Crippen LogP contribution in [0.15, 0.2) is 77.7 Å². The normalized spacial score (nSPS) is 15.9. The highest BCUT2D eigenvalue weighted by Crippen LogP contribution is 2.40. The summed E-state index contributed by atoms with van der Waals surface area (Å²) in [7, 11) is 2.31. The molecule has 1 aliphatic rings. The van der Waals surface area contributed by atoms with E-state index in [1.165, 1.54) is 11.5 Å². The molecule has 0 aromatic heterocycles. The fourth-order valence-electron chi connectivity index (χ4n) is 3.80. The van der Waals surface area contributed by atoms with E-state index in [4.69, 9.17) is 18.9 Å². The molecule has 0 saturated carbocycles. The van der Waals surface area contributed by atoms with Gasteiger partial charge in [-0.05, 0) is 54.1 Å². The van der Waals surface area contributed by atoms with Gasteiger partial charge in [-0.15, -0.1) is 4.41 Å². The maximum Gasteiger partial charge on any atom is 0.260 e. The van der Waals surface area contributed by atoms with Crippen LogP contribution in [0.3, 0.4) is 0 Å². The van der Waals surface area contributed by atoms with E-state index >= 15 is 0 Å². The number of hydrazine groups is 1. The first-order chi connectivity index (χ1) is 16.4. The Kier molecular flexibility index (Phi) is 6.67. The zero-order valence-corrected chi connectivity index (χ0v) is 20.1. The lowest BCUT2D eigenvalue weighted by Crippen LogP contribution is -2.39. The molecular weight excluding hydrogens is 456 g/mol. The highest BCUT2D eigenvalue weighted by atomic mass is 32.2. The van der Waals surface area contributed by atoms with Crippen LogP contribution in [0.2, 0.25) is 0 Å². The number of nitrogens with one attached hydrogen (secondary N) is 1. The molecule has 0 radical (unpaired) electrons. The predicted octanol–water partition coefficient (Wildman–Crippen LogP) is 4.01. The van der Waals surface area contributed by atoms with Crippen LogP contribution >= 0.6 is 0 Å². The van der Waals surface area contributed by atoms with Crippen LogP contribution in [0.1, 0.15) is 17.2 Å². The minimum absolute atomic E-state index is 0.176. The second kappa shape index (κ2) is 9.66. The van der Waals surface area contributed by atoms with Crippen LogP contribution in [0, 0.1) is 0 Å². The van der Waals surface area contributed by atoms with E-state index < -0.39 is 16.1 Å². The molecule has 0 bridgehead atoms. The number of hydrogen-bond donors (Lipinski definition) is 1. The molecule has 4 rings (SSSR count). The Labute approximate surface area is 199 Å². The predicted molar refractivity (Wildman–Crippen MR) is 128 cm³/mol. The van der Waals surface area contributed by atoms with Gasteiger partial charge in [0.1, 0.15) is 0 Å². The Morgan fingerprint density at radius 2 is 1.32 bits per heavy atom. The van der Waals surface area contributed by atoms with Gasteiger partial charge in [0.15, 0.2) is 23.0 Å². The zero-order chi connectivity index (χ0) is 24.3. The van der Waals surface area contributed by atoms with Crippen molar-refractivity contribution in [2.24, 2.45) is 0 Å². The van der Waals surface area contributed by atoms with Crippen molar-refractivity contribution in [1.29, 1.82) is 0 Å². The lowest BCUT2D eigenvalue weighted by atomic mass is 10.0. The summed E-state index contributed by atoms with van der Waals surface area (Å²) in [5, 5.41) is 0. The number of hydrogen-bond acceptors (Lipinski definition) is 7. The number of methoxy groups -OCH3 is 4. The van der Waals surface area contributed by atoms with Crippen LogP contribution in [0.4, 0.5) is 0 Å². The first kappa shape index (κ1) is 23.5. The fraction of sp³-hybridized carbons (Fsp3) is 0.200. The molecule has 0 spiro atoms.